The van der Waals surface area contributed by atoms with Gasteiger partial charge in [-0.1, -0.05) is 30.7 Å². The Morgan fingerprint density at radius 1 is 1.19 bits per heavy atom. The molecule has 2 aromatic carbocycles. The third-order valence-corrected chi connectivity index (χ3v) is 7.12. The number of thioether (sulfide) groups is 1. The fourth-order valence-corrected chi connectivity index (χ4v) is 4.66. The van der Waals surface area contributed by atoms with Gasteiger partial charge in [0.25, 0.3) is 0 Å². The summed E-state index contributed by atoms with van der Waals surface area (Å²) < 4.78 is 15.1. The van der Waals surface area contributed by atoms with E-state index in [0.29, 0.717) is 13.2 Å². The number of aromatic nitrogens is 2. The van der Waals surface area contributed by atoms with E-state index in [-0.39, 0.29) is 12.0 Å². The van der Waals surface area contributed by atoms with Crippen LogP contribution in [0.1, 0.15) is 24.1 Å². The Labute approximate surface area is 218 Å². The number of nitrogens with zero attached hydrogens (tertiary/aromatic N) is 2. The fourth-order valence-electron chi connectivity index (χ4n) is 3.66. The number of ether oxygens (including phenoxy) is 2. The normalized spacial score (nSPS) is 19.8. The zero-order chi connectivity index (χ0) is 26.3. The number of carboxylic acids is 2. The van der Waals surface area contributed by atoms with Crippen LogP contribution in [0.3, 0.4) is 0 Å². The number of carboxylic acid groups (broad SMARTS) is 2. The number of hydrogen-bond donors (Lipinski definition) is 3. The van der Waals surface area contributed by atoms with E-state index in [2.05, 4.69) is 16.5 Å². The predicted molar refractivity (Wildman–Crippen MR) is 137 cm³/mol. The van der Waals surface area contributed by atoms with E-state index >= 15 is 0 Å². The van der Waals surface area contributed by atoms with Crippen molar-refractivity contribution in [1.82, 2.24) is 9.55 Å². The van der Waals surface area contributed by atoms with Crippen molar-refractivity contribution in [3.05, 3.63) is 77.3 Å². The van der Waals surface area contributed by atoms with Crippen molar-refractivity contribution in [2.45, 2.75) is 43.1 Å². The molecule has 2 heterocycles. The molecule has 1 fully saturated rings. The Morgan fingerprint density at radius 3 is 2.39 bits per heavy atom. The summed E-state index contributed by atoms with van der Waals surface area (Å²) in [5.74, 6) is -3.60. The highest BCUT2D eigenvalue weighted by Crippen LogP contribution is 2.40. The van der Waals surface area contributed by atoms with E-state index in [0.717, 1.165) is 27.7 Å². The Morgan fingerprint density at radius 2 is 1.83 bits per heavy atom. The van der Waals surface area contributed by atoms with Crippen molar-refractivity contribution in [1.29, 1.82) is 0 Å². The third kappa shape index (κ3) is 7.23. The zero-order valence-corrected chi connectivity index (χ0v) is 21.4. The van der Waals surface area contributed by atoms with E-state index in [1.165, 1.54) is 4.90 Å². The summed E-state index contributed by atoms with van der Waals surface area (Å²) in [5.41, 5.74) is 8.76. The van der Waals surface area contributed by atoms with Crippen molar-refractivity contribution in [2.75, 3.05) is 18.1 Å². The zero-order valence-electron chi connectivity index (χ0n) is 19.8. The quantitative estimate of drug-likeness (QED) is 0.231. The van der Waals surface area contributed by atoms with Crippen molar-refractivity contribution < 1.29 is 29.3 Å². The van der Waals surface area contributed by atoms with Crippen LogP contribution in [0.25, 0.3) is 0 Å². The SMILES string of the molecule is Cc1cncn1CC1(C(C)c2ccc(Cl)cc2)OCC(CSc2ccc(N)cc2)O1.O=C(O)C(=O)O. The highest BCUT2D eigenvalue weighted by molar-refractivity contribution is 7.99. The molecule has 0 radical (unpaired) electrons. The molecular weight excluding hydrogens is 506 g/mol. The molecule has 3 atom stereocenters. The second-order valence-corrected chi connectivity index (χ2v) is 9.82. The van der Waals surface area contributed by atoms with Gasteiger partial charge in [-0.2, -0.15) is 0 Å². The number of hydrogen-bond acceptors (Lipinski definition) is 7. The molecule has 0 saturated carbocycles. The first-order valence-electron chi connectivity index (χ1n) is 11.1. The molecule has 1 saturated heterocycles. The summed E-state index contributed by atoms with van der Waals surface area (Å²) in [6, 6.07) is 15.8. The van der Waals surface area contributed by atoms with Crippen LogP contribution >= 0.6 is 23.4 Å². The Hall–Kier alpha value is -3.05. The molecule has 3 unspecified atom stereocenters. The van der Waals surface area contributed by atoms with E-state index in [9.17, 15) is 0 Å². The van der Waals surface area contributed by atoms with Gasteiger partial charge < -0.3 is 30.0 Å². The molecule has 1 aromatic heterocycles. The Balaban J connectivity index is 0.000000538. The van der Waals surface area contributed by atoms with Crippen LogP contribution in [0.4, 0.5) is 5.69 Å². The molecule has 4 rings (SSSR count). The molecule has 3 aromatic rings. The van der Waals surface area contributed by atoms with E-state index in [1.54, 1.807) is 11.8 Å². The van der Waals surface area contributed by atoms with Crippen LogP contribution in [0.2, 0.25) is 5.02 Å². The topological polar surface area (TPSA) is 137 Å². The maximum absolute atomic E-state index is 9.10. The molecule has 1 aliphatic heterocycles. The first-order valence-corrected chi connectivity index (χ1v) is 12.4. The van der Waals surface area contributed by atoms with Gasteiger partial charge in [0.15, 0.2) is 5.79 Å². The number of nitrogen functional groups attached to an aromatic ring is 1. The standard InChI is InChI=1S/C23H26ClN3O2S.C2H2O4/c1-16-11-26-15-27(16)14-23(17(2)18-3-5-19(24)6-4-18)28-12-21(29-23)13-30-22-9-7-20(25)8-10-22;3-1(4)2(5)6/h3-11,15,17,21H,12-14,25H2,1-2H3;(H,3,4)(H,5,6). The molecular formula is C25H28ClN3O6S. The van der Waals surface area contributed by atoms with Crippen molar-refractivity contribution in [2.24, 2.45) is 0 Å². The van der Waals surface area contributed by atoms with Crippen LogP contribution < -0.4 is 5.73 Å². The first kappa shape index (κ1) is 27.5. The van der Waals surface area contributed by atoms with Crippen LogP contribution in [0.5, 0.6) is 0 Å². The highest BCUT2D eigenvalue weighted by atomic mass is 35.5. The largest absolute Gasteiger partial charge is 0.473 e. The Bertz CT molecular complexity index is 1160. The number of aryl methyl sites for hydroxylation is 1. The molecule has 0 amide bonds. The van der Waals surface area contributed by atoms with Gasteiger partial charge in [0.2, 0.25) is 0 Å². The van der Waals surface area contributed by atoms with Gasteiger partial charge in [-0.25, -0.2) is 14.6 Å². The van der Waals surface area contributed by atoms with Crippen molar-refractivity contribution in [3.63, 3.8) is 0 Å². The first-order chi connectivity index (χ1) is 17.1. The number of halogens is 1. The van der Waals surface area contributed by atoms with Crippen LogP contribution in [0, 0.1) is 6.92 Å². The minimum absolute atomic E-state index is 0.00821. The van der Waals surface area contributed by atoms with E-state index < -0.39 is 17.7 Å². The minimum Gasteiger partial charge on any atom is -0.473 e. The van der Waals surface area contributed by atoms with Gasteiger partial charge in [0, 0.05) is 39.2 Å². The van der Waals surface area contributed by atoms with Crippen LogP contribution in [-0.2, 0) is 25.6 Å². The maximum Gasteiger partial charge on any atom is 0.414 e. The summed E-state index contributed by atoms with van der Waals surface area (Å²) >= 11 is 7.84. The van der Waals surface area contributed by atoms with Gasteiger partial charge in [-0.15, -0.1) is 11.8 Å². The summed E-state index contributed by atoms with van der Waals surface area (Å²) in [5, 5.41) is 15.5. The lowest BCUT2D eigenvalue weighted by Crippen LogP contribution is -2.41. The molecule has 4 N–H and O–H groups in total. The molecule has 1 aliphatic rings. The van der Waals surface area contributed by atoms with Crippen molar-refractivity contribution in [3.8, 4) is 0 Å². The number of anilines is 1. The molecule has 192 valence electrons. The second kappa shape index (κ2) is 12.3. The van der Waals surface area contributed by atoms with Gasteiger partial charge in [-0.3, -0.25) is 0 Å². The highest BCUT2D eigenvalue weighted by Gasteiger charge is 2.47. The number of imidazole rings is 1. The van der Waals surface area contributed by atoms with Crippen LogP contribution in [-0.4, -0.2) is 56.0 Å². The molecule has 36 heavy (non-hydrogen) atoms. The number of nitrogens with two attached hydrogens (primary N) is 1. The molecule has 9 nitrogen and oxygen atoms in total. The number of benzene rings is 2. The smallest absolute Gasteiger partial charge is 0.414 e. The predicted octanol–water partition coefficient (Wildman–Crippen LogP) is 4.29. The molecule has 0 spiro atoms. The van der Waals surface area contributed by atoms with E-state index in [1.807, 2.05) is 68.0 Å². The lowest BCUT2D eigenvalue weighted by Gasteiger charge is -2.35. The number of rotatable bonds is 7. The summed E-state index contributed by atoms with van der Waals surface area (Å²) in [6.07, 6.45) is 3.67. The molecule has 11 heteroatoms. The van der Waals surface area contributed by atoms with Crippen LogP contribution in [0.15, 0.2) is 66.0 Å². The third-order valence-electron chi connectivity index (χ3n) is 5.72. The van der Waals surface area contributed by atoms with Gasteiger partial charge in [0.1, 0.15) is 0 Å². The van der Waals surface area contributed by atoms with Gasteiger partial charge in [-0.05, 0) is 48.9 Å². The monoisotopic (exact) mass is 533 g/mol. The van der Waals surface area contributed by atoms with Crippen molar-refractivity contribution >= 4 is 41.0 Å². The average Bonchev–Trinajstić information content (AvgIpc) is 3.46. The van der Waals surface area contributed by atoms with Gasteiger partial charge >= 0.3 is 11.9 Å². The summed E-state index contributed by atoms with van der Waals surface area (Å²) in [6.45, 7) is 5.31. The van der Waals surface area contributed by atoms with E-state index in [4.69, 9.17) is 46.6 Å². The summed E-state index contributed by atoms with van der Waals surface area (Å²) in [4.78, 5) is 23.6. The summed E-state index contributed by atoms with van der Waals surface area (Å²) in [7, 11) is 0. The maximum atomic E-state index is 9.10. The lowest BCUT2D eigenvalue weighted by molar-refractivity contribution is -0.190. The lowest BCUT2D eigenvalue weighted by atomic mass is 9.92. The fraction of sp³-hybridized carbons (Fsp3) is 0.320. The van der Waals surface area contributed by atoms with Gasteiger partial charge in [0.05, 0.1) is 25.6 Å². The average molecular weight is 534 g/mol. The number of aliphatic carboxylic acids is 2. The second-order valence-electron chi connectivity index (χ2n) is 8.29. The Kier molecular flexibility index (Phi) is 9.38. The number of carbonyl (C=O) groups is 2. The molecule has 0 aliphatic carbocycles. The minimum atomic E-state index is -1.82. The molecule has 0 bridgehead atoms.